The fraction of sp³-hybridized carbons (Fsp3) is 0.462. The number of ether oxygens (including phenoxy) is 1. The number of likely N-dealkylation sites (tertiary alicyclic amines) is 1. The molecule has 1 aliphatic heterocycles. The van der Waals surface area contributed by atoms with Gasteiger partial charge in [-0.2, -0.15) is 0 Å². The van der Waals surface area contributed by atoms with Crippen LogP contribution in [0.5, 0.6) is 5.75 Å². The minimum atomic E-state index is -1.30. The summed E-state index contributed by atoms with van der Waals surface area (Å²) in [7, 11) is 1.99. The van der Waals surface area contributed by atoms with E-state index in [2.05, 4.69) is 4.90 Å². The number of hydrogen-bond donors (Lipinski definition) is 1. The Balaban J connectivity index is 2.18. The summed E-state index contributed by atoms with van der Waals surface area (Å²) in [6, 6.07) is 4.09. The average Bonchev–Trinajstić information content (AvgIpc) is 2.28. The standard InChI is InChI=1S/C13H16FNO3/c1-15-7-3-4-9(8-15)18-11-6-2-5-10(14)12(11)13(16)17/h2,5-6,9H,3-4,7-8H2,1H3,(H,16,17). The number of aromatic carboxylic acids is 1. The molecule has 1 aromatic carbocycles. The number of hydrogen-bond acceptors (Lipinski definition) is 3. The van der Waals surface area contributed by atoms with Crippen molar-refractivity contribution in [2.45, 2.75) is 18.9 Å². The van der Waals surface area contributed by atoms with Gasteiger partial charge < -0.3 is 14.7 Å². The van der Waals surface area contributed by atoms with Gasteiger partial charge in [0.2, 0.25) is 0 Å². The van der Waals surface area contributed by atoms with Crippen LogP contribution in [0.4, 0.5) is 4.39 Å². The zero-order chi connectivity index (χ0) is 13.1. The SMILES string of the molecule is CN1CCCC(Oc2cccc(F)c2C(=O)O)C1. The summed E-state index contributed by atoms with van der Waals surface area (Å²) in [4.78, 5) is 13.1. The van der Waals surface area contributed by atoms with E-state index in [4.69, 9.17) is 9.84 Å². The second kappa shape index (κ2) is 5.35. The molecular weight excluding hydrogens is 237 g/mol. The van der Waals surface area contributed by atoms with Crippen LogP contribution in [0.15, 0.2) is 18.2 Å². The van der Waals surface area contributed by atoms with Gasteiger partial charge in [-0.25, -0.2) is 9.18 Å². The highest BCUT2D eigenvalue weighted by Gasteiger charge is 2.23. The maximum absolute atomic E-state index is 13.5. The molecule has 4 nitrogen and oxygen atoms in total. The zero-order valence-electron chi connectivity index (χ0n) is 10.2. The molecule has 1 N–H and O–H groups in total. The second-order valence-electron chi connectivity index (χ2n) is 4.56. The molecule has 0 radical (unpaired) electrons. The number of rotatable bonds is 3. The largest absolute Gasteiger partial charge is 0.488 e. The van der Waals surface area contributed by atoms with Crippen LogP contribution < -0.4 is 4.74 Å². The number of nitrogens with zero attached hydrogens (tertiary/aromatic N) is 1. The summed E-state index contributed by atoms with van der Waals surface area (Å²) in [5, 5.41) is 9.00. The van der Waals surface area contributed by atoms with Gasteiger partial charge in [0.1, 0.15) is 23.2 Å². The molecule has 18 heavy (non-hydrogen) atoms. The van der Waals surface area contributed by atoms with Crippen molar-refractivity contribution in [1.82, 2.24) is 4.90 Å². The van der Waals surface area contributed by atoms with Gasteiger partial charge in [0.15, 0.2) is 0 Å². The van der Waals surface area contributed by atoms with E-state index in [9.17, 15) is 9.18 Å². The number of likely N-dealkylation sites (N-methyl/N-ethyl adjacent to an activating group) is 1. The van der Waals surface area contributed by atoms with E-state index in [0.29, 0.717) is 0 Å². The molecule has 1 atom stereocenters. The van der Waals surface area contributed by atoms with Gasteiger partial charge in [-0.15, -0.1) is 0 Å². The van der Waals surface area contributed by atoms with Gasteiger partial charge in [0.05, 0.1) is 0 Å². The van der Waals surface area contributed by atoms with Crippen molar-refractivity contribution in [3.63, 3.8) is 0 Å². The first-order chi connectivity index (χ1) is 8.58. The Hall–Kier alpha value is -1.62. The highest BCUT2D eigenvalue weighted by atomic mass is 19.1. The maximum atomic E-state index is 13.5. The predicted octanol–water partition coefficient (Wildman–Crippen LogP) is 2.00. The summed E-state index contributed by atoms with van der Waals surface area (Å²) in [5.41, 5.74) is -0.384. The number of piperidine rings is 1. The fourth-order valence-corrected chi connectivity index (χ4v) is 2.20. The molecule has 0 saturated carbocycles. The molecule has 1 heterocycles. The molecule has 1 aromatic rings. The van der Waals surface area contributed by atoms with Crippen molar-refractivity contribution in [2.24, 2.45) is 0 Å². The first kappa shape index (κ1) is 12.8. The quantitative estimate of drug-likeness (QED) is 0.895. The van der Waals surface area contributed by atoms with Crippen molar-refractivity contribution in [1.29, 1.82) is 0 Å². The molecule has 1 aliphatic rings. The Morgan fingerprint density at radius 1 is 1.56 bits per heavy atom. The van der Waals surface area contributed by atoms with Gasteiger partial charge in [0.25, 0.3) is 0 Å². The molecule has 5 heteroatoms. The van der Waals surface area contributed by atoms with Crippen molar-refractivity contribution >= 4 is 5.97 Å². The smallest absolute Gasteiger partial charge is 0.342 e. The Kier molecular flexibility index (Phi) is 3.81. The Morgan fingerprint density at radius 2 is 2.33 bits per heavy atom. The van der Waals surface area contributed by atoms with Crippen LogP contribution >= 0.6 is 0 Å². The van der Waals surface area contributed by atoms with Crippen LogP contribution in [0.2, 0.25) is 0 Å². The van der Waals surface area contributed by atoms with Gasteiger partial charge in [-0.05, 0) is 38.6 Å². The third-order valence-corrected chi connectivity index (χ3v) is 3.06. The minimum absolute atomic E-state index is 0.0800. The van der Waals surface area contributed by atoms with Crippen LogP contribution in [0.1, 0.15) is 23.2 Å². The highest BCUT2D eigenvalue weighted by Crippen LogP contribution is 2.24. The third kappa shape index (κ3) is 2.79. The number of carbonyl (C=O) groups is 1. The van der Waals surface area contributed by atoms with E-state index in [1.807, 2.05) is 7.05 Å². The van der Waals surface area contributed by atoms with Gasteiger partial charge >= 0.3 is 5.97 Å². The van der Waals surface area contributed by atoms with E-state index in [-0.39, 0.29) is 17.4 Å². The van der Waals surface area contributed by atoms with E-state index in [0.717, 1.165) is 32.0 Å². The Morgan fingerprint density at radius 3 is 3.00 bits per heavy atom. The number of carboxylic acid groups (broad SMARTS) is 1. The Bertz CT molecular complexity index is 450. The second-order valence-corrected chi connectivity index (χ2v) is 4.56. The van der Waals surface area contributed by atoms with Gasteiger partial charge in [0, 0.05) is 6.54 Å². The monoisotopic (exact) mass is 253 g/mol. The maximum Gasteiger partial charge on any atom is 0.342 e. The van der Waals surface area contributed by atoms with E-state index in [1.165, 1.54) is 12.1 Å². The molecule has 0 aliphatic carbocycles. The number of carboxylic acids is 1. The van der Waals surface area contributed by atoms with Crippen molar-refractivity contribution in [3.8, 4) is 5.75 Å². The summed E-state index contributed by atoms with van der Waals surface area (Å²) < 4.78 is 19.1. The number of halogens is 1. The normalized spacial score (nSPS) is 20.7. The predicted molar refractivity (Wildman–Crippen MR) is 64.5 cm³/mol. The van der Waals surface area contributed by atoms with Crippen molar-refractivity contribution < 1.29 is 19.0 Å². The van der Waals surface area contributed by atoms with Crippen LogP contribution in [-0.2, 0) is 0 Å². The lowest BCUT2D eigenvalue weighted by Gasteiger charge is -2.30. The van der Waals surface area contributed by atoms with Crippen LogP contribution in [0.3, 0.4) is 0 Å². The average molecular weight is 253 g/mol. The van der Waals surface area contributed by atoms with Crippen molar-refractivity contribution in [3.05, 3.63) is 29.6 Å². The Labute approximate surface area is 105 Å². The summed E-state index contributed by atoms with van der Waals surface area (Å²) in [5.74, 6) is -1.95. The van der Waals surface area contributed by atoms with Gasteiger partial charge in [-0.3, -0.25) is 0 Å². The van der Waals surface area contributed by atoms with Crippen LogP contribution in [-0.4, -0.2) is 42.2 Å². The zero-order valence-corrected chi connectivity index (χ0v) is 10.2. The molecular formula is C13H16FNO3. The van der Waals surface area contributed by atoms with Crippen LogP contribution in [0, 0.1) is 5.82 Å². The first-order valence-corrected chi connectivity index (χ1v) is 5.95. The summed E-state index contributed by atoms with van der Waals surface area (Å²) in [6.07, 6.45) is 1.78. The molecule has 0 bridgehead atoms. The molecule has 0 amide bonds. The molecule has 1 unspecified atom stereocenters. The molecule has 1 saturated heterocycles. The summed E-state index contributed by atoms with van der Waals surface area (Å²) >= 11 is 0. The van der Waals surface area contributed by atoms with E-state index >= 15 is 0 Å². The van der Waals surface area contributed by atoms with Gasteiger partial charge in [-0.1, -0.05) is 6.07 Å². The molecule has 0 aromatic heterocycles. The lowest BCUT2D eigenvalue weighted by atomic mass is 10.1. The molecule has 0 spiro atoms. The minimum Gasteiger partial charge on any atom is -0.488 e. The molecule has 2 rings (SSSR count). The lowest BCUT2D eigenvalue weighted by molar-refractivity contribution is 0.0671. The first-order valence-electron chi connectivity index (χ1n) is 5.95. The third-order valence-electron chi connectivity index (χ3n) is 3.06. The van der Waals surface area contributed by atoms with E-state index in [1.54, 1.807) is 0 Å². The lowest BCUT2D eigenvalue weighted by Crippen LogP contribution is -2.38. The topological polar surface area (TPSA) is 49.8 Å². The van der Waals surface area contributed by atoms with Crippen LogP contribution in [0.25, 0.3) is 0 Å². The molecule has 98 valence electrons. The number of benzene rings is 1. The molecule has 1 fully saturated rings. The van der Waals surface area contributed by atoms with Crippen molar-refractivity contribution in [2.75, 3.05) is 20.1 Å². The fourth-order valence-electron chi connectivity index (χ4n) is 2.20. The summed E-state index contributed by atoms with van der Waals surface area (Å²) in [6.45, 7) is 1.74. The van der Waals surface area contributed by atoms with E-state index < -0.39 is 11.8 Å². The highest BCUT2D eigenvalue weighted by molar-refractivity contribution is 5.91.